The Morgan fingerprint density at radius 2 is 1.58 bits per heavy atom. The summed E-state index contributed by atoms with van der Waals surface area (Å²) in [5.74, 6) is 0. The Balaban J connectivity index is 3.22. The first kappa shape index (κ1) is 21.6. The van der Waals surface area contributed by atoms with Gasteiger partial charge in [0.2, 0.25) is 0 Å². The van der Waals surface area contributed by atoms with Crippen LogP contribution >= 0.6 is 0 Å². The third kappa shape index (κ3) is 5.81. The maximum absolute atomic E-state index is 6.79. The van der Waals surface area contributed by atoms with E-state index in [1.54, 1.807) is 0 Å². The lowest BCUT2D eigenvalue weighted by Gasteiger charge is -2.53. The zero-order valence-corrected chi connectivity index (χ0v) is 19.3. The van der Waals surface area contributed by atoms with Crippen LogP contribution in [0.2, 0.25) is 26.2 Å². The molecule has 0 saturated heterocycles. The van der Waals surface area contributed by atoms with Gasteiger partial charge in [-0.2, -0.15) is 0 Å². The number of hydrogen-bond acceptors (Lipinski definition) is 3. The summed E-state index contributed by atoms with van der Waals surface area (Å²) >= 11 is 0. The molecule has 0 radical (unpaired) electrons. The van der Waals surface area contributed by atoms with Crippen molar-refractivity contribution in [3.05, 3.63) is 35.9 Å². The molecule has 1 aromatic rings. The molecule has 138 valence electrons. The van der Waals surface area contributed by atoms with Crippen LogP contribution in [0, 0.1) is 0 Å². The van der Waals surface area contributed by atoms with Crippen LogP contribution < -0.4 is 0 Å². The van der Waals surface area contributed by atoms with E-state index in [-0.39, 0.29) is 10.9 Å². The van der Waals surface area contributed by atoms with E-state index in [9.17, 15) is 0 Å². The van der Waals surface area contributed by atoms with Crippen molar-refractivity contribution < 1.29 is 8.85 Å². The van der Waals surface area contributed by atoms with Gasteiger partial charge in [0.1, 0.15) is 0 Å². The molecule has 0 aromatic heterocycles. The summed E-state index contributed by atoms with van der Waals surface area (Å²) in [6.07, 6.45) is 0. The Morgan fingerprint density at radius 3 is 2.00 bits per heavy atom. The average Bonchev–Trinajstić information content (AvgIpc) is 2.43. The highest BCUT2D eigenvalue weighted by molar-refractivity contribution is 6.67. The minimum atomic E-state index is -2.17. The Labute approximate surface area is 152 Å². The molecule has 3 nitrogen and oxygen atoms in total. The molecule has 0 N–H and O–H groups in total. The lowest BCUT2D eigenvalue weighted by molar-refractivity contribution is -0.0848. The van der Waals surface area contributed by atoms with E-state index in [0.717, 1.165) is 6.54 Å². The monoisotopic (exact) mass is 367 g/mol. The largest absolute Gasteiger partial charge is 0.395 e. The van der Waals surface area contributed by atoms with Crippen molar-refractivity contribution in [1.82, 2.24) is 4.90 Å². The molecule has 1 unspecified atom stereocenters. The summed E-state index contributed by atoms with van der Waals surface area (Å²) in [5.41, 5.74) is 1.34. The van der Waals surface area contributed by atoms with E-state index < -0.39 is 17.4 Å². The molecule has 5 heteroatoms. The van der Waals surface area contributed by atoms with Crippen molar-refractivity contribution >= 4 is 17.4 Å². The minimum absolute atomic E-state index is 0.0125. The van der Waals surface area contributed by atoms with Gasteiger partial charge in [0, 0.05) is 18.7 Å². The van der Waals surface area contributed by atoms with Gasteiger partial charge in [0.25, 0.3) is 0 Å². The quantitative estimate of drug-likeness (QED) is 0.487. The first-order chi connectivity index (χ1) is 10.9. The van der Waals surface area contributed by atoms with Crippen LogP contribution in [-0.2, 0) is 15.4 Å². The molecule has 0 heterocycles. The summed E-state index contributed by atoms with van der Waals surface area (Å²) < 4.78 is 12.8. The van der Waals surface area contributed by atoms with Gasteiger partial charge >= 0.3 is 8.56 Å². The first-order valence-corrected chi connectivity index (χ1v) is 14.8. The maximum Gasteiger partial charge on any atom is 0.332 e. The van der Waals surface area contributed by atoms with E-state index in [1.807, 2.05) is 6.92 Å². The van der Waals surface area contributed by atoms with Gasteiger partial charge in [-0.05, 0) is 53.3 Å². The van der Waals surface area contributed by atoms with E-state index in [2.05, 4.69) is 89.1 Å². The molecule has 1 atom stereocenters. The predicted molar refractivity (Wildman–Crippen MR) is 109 cm³/mol. The molecular weight excluding hydrogens is 330 g/mol. The normalized spacial score (nSPS) is 15.8. The van der Waals surface area contributed by atoms with Gasteiger partial charge in [-0.3, -0.25) is 4.90 Å². The summed E-state index contributed by atoms with van der Waals surface area (Å²) in [6, 6.07) is 10.7. The van der Waals surface area contributed by atoms with Crippen LogP contribution in [0.15, 0.2) is 30.3 Å². The molecular formula is C19H37NO2Si2. The van der Waals surface area contributed by atoms with Gasteiger partial charge in [-0.25, -0.2) is 0 Å². The molecule has 0 aliphatic heterocycles. The molecule has 0 aliphatic carbocycles. The summed E-state index contributed by atoms with van der Waals surface area (Å²) in [5, 5.41) is -0.251. The Kier molecular flexibility index (Phi) is 7.44. The fraction of sp³-hybridized carbons (Fsp3) is 0.684. The highest BCUT2D eigenvalue weighted by Crippen LogP contribution is 2.33. The summed E-state index contributed by atoms with van der Waals surface area (Å²) in [6.45, 7) is 21.9. The van der Waals surface area contributed by atoms with Gasteiger partial charge < -0.3 is 8.85 Å². The SMILES string of the molecule is CCO[Si](C)(C)OC(C)(N(Cc1ccccc1)C(C)(C)C)[SiH](C)C. The second kappa shape index (κ2) is 8.28. The van der Waals surface area contributed by atoms with Crippen LogP contribution in [0.5, 0.6) is 0 Å². The number of hydrogen-bond donors (Lipinski definition) is 0. The van der Waals surface area contributed by atoms with E-state index in [0.29, 0.717) is 6.61 Å². The summed E-state index contributed by atoms with van der Waals surface area (Å²) in [7, 11) is -3.33. The fourth-order valence-electron chi connectivity index (χ4n) is 3.19. The first-order valence-electron chi connectivity index (χ1n) is 9.08. The Morgan fingerprint density at radius 1 is 1.04 bits per heavy atom. The van der Waals surface area contributed by atoms with Crippen LogP contribution in [-0.4, -0.2) is 39.8 Å². The Hall–Kier alpha value is -0.466. The van der Waals surface area contributed by atoms with Crippen molar-refractivity contribution in [3.63, 3.8) is 0 Å². The highest BCUT2D eigenvalue weighted by atomic mass is 28.4. The molecule has 24 heavy (non-hydrogen) atoms. The molecule has 0 aliphatic rings. The Bertz CT molecular complexity index is 500. The average molecular weight is 368 g/mol. The van der Waals surface area contributed by atoms with E-state index in [1.165, 1.54) is 5.56 Å². The lowest BCUT2D eigenvalue weighted by atomic mass is 10.0. The minimum Gasteiger partial charge on any atom is -0.395 e. The number of nitrogens with zero attached hydrogens (tertiary/aromatic N) is 1. The highest BCUT2D eigenvalue weighted by Gasteiger charge is 2.46. The molecule has 0 fully saturated rings. The van der Waals surface area contributed by atoms with E-state index in [4.69, 9.17) is 8.85 Å². The van der Waals surface area contributed by atoms with Crippen molar-refractivity contribution in [2.24, 2.45) is 0 Å². The predicted octanol–water partition coefficient (Wildman–Crippen LogP) is 4.78. The maximum atomic E-state index is 6.79. The van der Waals surface area contributed by atoms with Crippen LogP contribution in [0.4, 0.5) is 0 Å². The zero-order valence-electron chi connectivity index (χ0n) is 17.1. The smallest absolute Gasteiger partial charge is 0.332 e. The standard InChI is InChI=1S/C19H37NO2Si2/c1-10-21-24(8,9)22-19(5,23(6)7)20(18(2,3)4)16-17-14-12-11-13-15-17/h11-15,23H,10,16H2,1-9H3. The van der Waals surface area contributed by atoms with Crippen molar-refractivity contribution in [3.8, 4) is 0 Å². The van der Waals surface area contributed by atoms with Gasteiger partial charge in [-0.1, -0.05) is 43.4 Å². The molecule has 0 saturated carbocycles. The van der Waals surface area contributed by atoms with Gasteiger partial charge in [0.05, 0.1) is 14.1 Å². The van der Waals surface area contributed by atoms with Crippen molar-refractivity contribution in [2.45, 2.75) is 78.2 Å². The van der Waals surface area contributed by atoms with Crippen LogP contribution in [0.1, 0.15) is 40.2 Å². The van der Waals surface area contributed by atoms with E-state index >= 15 is 0 Å². The summed E-state index contributed by atoms with van der Waals surface area (Å²) in [4.78, 5) is 2.54. The molecule has 0 spiro atoms. The van der Waals surface area contributed by atoms with Crippen LogP contribution in [0.3, 0.4) is 0 Å². The fourth-order valence-corrected chi connectivity index (χ4v) is 7.94. The number of rotatable bonds is 8. The second-order valence-corrected chi connectivity index (χ2v) is 15.1. The lowest BCUT2D eigenvalue weighted by Crippen LogP contribution is -2.66. The van der Waals surface area contributed by atoms with Crippen LogP contribution in [0.25, 0.3) is 0 Å². The van der Waals surface area contributed by atoms with Gasteiger partial charge in [-0.15, -0.1) is 0 Å². The van der Waals surface area contributed by atoms with Crippen molar-refractivity contribution in [1.29, 1.82) is 0 Å². The van der Waals surface area contributed by atoms with Gasteiger partial charge in [0.15, 0.2) is 0 Å². The topological polar surface area (TPSA) is 21.7 Å². The molecule has 0 amide bonds. The molecule has 1 aromatic carbocycles. The third-order valence-electron chi connectivity index (χ3n) is 4.54. The second-order valence-electron chi connectivity index (χ2n) is 8.39. The molecule has 1 rings (SSSR count). The van der Waals surface area contributed by atoms with Crippen molar-refractivity contribution in [2.75, 3.05) is 6.61 Å². The third-order valence-corrected chi connectivity index (χ3v) is 9.24. The molecule has 0 bridgehead atoms. The number of benzene rings is 1. The zero-order chi connectivity index (χ0) is 18.6.